The molecule has 2 aliphatic carbocycles. The number of para-hydroxylation sites is 4. The molecule has 0 unspecified atom stereocenters. The minimum atomic E-state index is 1.19. The highest BCUT2D eigenvalue weighted by molar-refractivity contribution is 6.38. The molecule has 11 aromatic rings. The summed E-state index contributed by atoms with van der Waals surface area (Å²) in [6.07, 6.45) is 0. The molecule has 0 amide bonds. The van der Waals surface area contributed by atoms with Crippen LogP contribution in [0.1, 0.15) is 33.4 Å². The molecular formula is C62H42N2. The van der Waals surface area contributed by atoms with Gasteiger partial charge >= 0.3 is 0 Å². The zero-order valence-electron chi connectivity index (χ0n) is 35.7. The molecule has 2 aliphatic rings. The van der Waals surface area contributed by atoms with Gasteiger partial charge in [-0.15, -0.1) is 0 Å². The number of aromatic nitrogens is 2. The molecule has 0 aliphatic heterocycles. The van der Waals surface area contributed by atoms with Crippen molar-refractivity contribution in [3.63, 3.8) is 0 Å². The first-order valence-electron chi connectivity index (χ1n) is 22.3. The Morgan fingerprint density at radius 1 is 0.234 bits per heavy atom. The third-order valence-electron chi connectivity index (χ3n) is 13.8. The quantitative estimate of drug-likeness (QED) is 0.158. The first-order chi connectivity index (χ1) is 31.7. The highest BCUT2D eigenvalue weighted by Gasteiger charge is 2.44. The van der Waals surface area contributed by atoms with Gasteiger partial charge in [0.25, 0.3) is 0 Å². The fourth-order valence-corrected chi connectivity index (χ4v) is 11.3. The van der Waals surface area contributed by atoms with Gasteiger partial charge in [0.15, 0.2) is 0 Å². The summed E-state index contributed by atoms with van der Waals surface area (Å²) >= 11 is 0. The molecule has 0 fully saturated rings. The van der Waals surface area contributed by atoms with E-state index in [4.69, 9.17) is 0 Å². The molecule has 9 aromatic carbocycles. The van der Waals surface area contributed by atoms with Crippen LogP contribution in [0.2, 0.25) is 0 Å². The van der Waals surface area contributed by atoms with E-state index in [0.717, 1.165) is 0 Å². The van der Waals surface area contributed by atoms with E-state index in [0.29, 0.717) is 0 Å². The van der Waals surface area contributed by atoms with Gasteiger partial charge in [0.2, 0.25) is 0 Å². The average molecular weight is 815 g/mol. The highest BCUT2D eigenvalue weighted by atomic mass is 15.0. The molecule has 0 atom stereocenters. The van der Waals surface area contributed by atoms with Crippen LogP contribution in [0.3, 0.4) is 0 Å². The van der Waals surface area contributed by atoms with Crippen molar-refractivity contribution in [3.8, 4) is 22.3 Å². The van der Waals surface area contributed by atoms with Crippen LogP contribution >= 0.6 is 0 Å². The lowest BCUT2D eigenvalue weighted by Gasteiger charge is -2.25. The zero-order chi connectivity index (χ0) is 42.5. The summed E-state index contributed by atoms with van der Waals surface area (Å²) in [6.45, 7) is 4.77. The standard InChI is InChI=1S/C62H42N2/c1-39-53(41-23-7-3-8-24-41)54(42-25-9-4-10-26-42)40(2)56-55(39)59-60(61(56)63-49-35-19-15-31-45(49)46-32-16-20-36-50(46)63)57(43-27-11-5-12-28-43)58(44-29-13-6-14-30-44)62(59)64-51-37-21-17-33-47(51)48-34-18-22-38-52(48)64/h3-38H,1-2H3. The molecule has 2 aromatic heterocycles. The first kappa shape index (κ1) is 36.5. The van der Waals surface area contributed by atoms with E-state index in [-0.39, 0.29) is 0 Å². The Morgan fingerprint density at radius 3 is 0.953 bits per heavy atom. The number of hydrogen-bond acceptors (Lipinski definition) is 0. The molecule has 64 heavy (non-hydrogen) atoms. The Balaban J connectivity index is 1.34. The van der Waals surface area contributed by atoms with Crippen molar-refractivity contribution in [3.05, 3.63) is 257 Å². The van der Waals surface area contributed by atoms with Crippen LogP contribution in [0.15, 0.2) is 224 Å². The van der Waals surface area contributed by atoms with Gasteiger partial charge < -0.3 is 9.13 Å². The number of benzene rings is 9. The molecule has 0 spiro atoms. The number of hydrogen-bond donors (Lipinski definition) is 0. The van der Waals surface area contributed by atoms with Crippen LogP contribution in [0.25, 0.3) is 94.0 Å². The van der Waals surface area contributed by atoms with Crippen LogP contribution in [-0.4, -0.2) is 9.13 Å². The van der Waals surface area contributed by atoms with Gasteiger partial charge in [0.05, 0.1) is 33.5 Å². The van der Waals surface area contributed by atoms with Crippen molar-refractivity contribution in [1.29, 1.82) is 0 Å². The zero-order valence-corrected chi connectivity index (χ0v) is 35.7. The Kier molecular flexibility index (Phi) is 8.07. The normalized spacial score (nSPS) is 13.6. The third kappa shape index (κ3) is 5.08. The maximum atomic E-state index is 2.61. The molecule has 2 heteroatoms. The summed E-state index contributed by atoms with van der Waals surface area (Å²) in [4.78, 5) is 0. The van der Waals surface area contributed by atoms with Crippen molar-refractivity contribution in [2.45, 2.75) is 13.8 Å². The second-order valence-electron chi connectivity index (χ2n) is 17.2. The predicted octanol–water partition coefficient (Wildman–Crippen LogP) is 16.1. The van der Waals surface area contributed by atoms with E-state index >= 15 is 0 Å². The van der Waals surface area contributed by atoms with Gasteiger partial charge in [-0.2, -0.15) is 0 Å². The Morgan fingerprint density at radius 2 is 0.547 bits per heavy atom. The molecular weight excluding hydrogens is 773 g/mol. The van der Waals surface area contributed by atoms with Gasteiger partial charge in [-0.1, -0.05) is 194 Å². The molecule has 0 radical (unpaired) electrons. The van der Waals surface area contributed by atoms with E-state index in [1.54, 1.807) is 0 Å². The largest absolute Gasteiger partial charge is 0.308 e. The van der Waals surface area contributed by atoms with Crippen LogP contribution in [0, 0.1) is 13.8 Å². The topological polar surface area (TPSA) is 9.86 Å². The van der Waals surface area contributed by atoms with E-state index in [1.165, 1.54) is 133 Å². The van der Waals surface area contributed by atoms with E-state index in [2.05, 4.69) is 241 Å². The third-order valence-corrected chi connectivity index (χ3v) is 13.8. The molecule has 0 saturated carbocycles. The molecule has 0 N–H and O–H groups in total. The fraction of sp³-hybridized carbons (Fsp3) is 0.0323. The highest BCUT2D eigenvalue weighted by Crippen LogP contribution is 2.63. The molecule has 2 heterocycles. The molecule has 13 rings (SSSR count). The van der Waals surface area contributed by atoms with Gasteiger partial charge in [-0.05, 0) is 88.2 Å². The summed E-state index contributed by atoms with van der Waals surface area (Å²) in [5.74, 6) is 0. The molecule has 0 bridgehead atoms. The second-order valence-corrected chi connectivity index (χ2v) is 17.2. The Hall–Kier alpha value is -8.20. The lowest BCUT2D eigenvalue weighted by atomic mass is 9.81. The van der Waals surface area contributed by atoms with E-state index < -0.39 is 0 Å². The van der Waals surface area contributed by atoms with Crippen molar-refractivity contribution >= 4 is 71.7 Å². The lowest BCUT2D eigenvalue weighted by Crippen LogP contribution is -2.07. The van der Waals surface area contributed by atoms with Crippen molar-refractivity contribution in [2.24, 2.45) is 0 Å². The van der Waals surface area contributed by atoms with Crippen molar-refractivity contribution in [1.82, 2.24) is 9.13 Å². The second kappa shape index (κ2) is 14.2. The van der Waals surface area contributed by atoms with Gasteiger partial charge in [-0.3, -0.25) is 0 Å². The SMILES string of the molecule is Cc1c2c(c(C)c(-c3ccccc3)c1-c1ccccc1)C(n1c3ccccc3c3ccccc31)=C1C(c3ccccc3)=C(c3ccccc3)C(n3c4ccccc4c4ccccc43)=C12. The van der Waals surface area contributed by atoms with Gasteiger partial charge in [-0.25, -0.2) is 0 Å². The first-order valence-corrected chi connectivity index (χ1v) is 22.3. The van der Waals surface area contributed by atoms with Crippen molar-refractivity contribution < 1.29 is 0 Å². The van der Waals surface area contributed by atoms with Crippen LogP contribution in [0.4, 0.5) is 0 Å². The van der Waals surface area contributed by atoms with Gasteiger partial charge in [0, 0.05) is 49.4 Å². The van der Waals surface area contributed by atoms with Crippen molar-refractivity contribution in [2.75, 3.05) is 0 Å². The summed E-state index contributed by atoms with van der Waals surface area (Å²) in [5, 5.41) is 4.99. The maximum Gasteiger partial charge on any atom is 0.0632 e. The smallest absolute Gasteiger partial charge is 0.0632 e. The number of rotatable bonds is 6. The predicted molar refractivity (Wildman–Crippen MR) is 271 cm³/mol. The molecule has 300 valence electrons. The lowest BCUT2D eigenvalue weighted by molar-refractivity contribution is 1.20. The number of nitrogens with zero attached hydrogens (tertiary/aromatic N) is 2. The van der Waals surface area contributed by atoms with Gasteiger partial charge in [0.1, 0.15) is 0 Å². The monoisotopic (exact) mass is 814 g/mol. The Labute approximate surface area is 372 Å². The fourth-order valence-electron chi connectivity index (χ4n) is 11.3. The van der Waals surface area contributed by atoms with Crippen LogP contribution in [0.5, 0.6) is 0 Å². The number of fused-ring (bicyclic) bond motifs is 9. The molecule has 2 nitrogen and oxygen atoms in total. The maximum absolute atomic E-state index is 2.61. The van der Waals surface area contributed by atoms with Crippen LogP contribution in [-0.2, 0) is 0 Å². The minimum absolute atomic E-state index is 1.19. The average Bonchev–Trinajstić information content (AvgIpc) is 4.08. The van der Waals surface area contributed by atoms with Crippen LogP contribution < -0.4 is 0 Å². The molecule has 0 saturated heterocycles. The number of allylic oxidation sites excluding steroid dienone is 5. The summed E-state index contributed by atoms with van der Waals surface area (Å²) < 4.78 is 5.20. The summed E-state index contributed by atoms with van der Waals surface area (Å²) in [7, 11) is 0. The minimum Gasteiger partial charge on any atom is -0.308 e. The Bertz CT molecular complexity index is 3700. The van der Waals surface area contributed by atoms with E-state index in [1.807, 2.05) is 0 Å². The van der Waals surface area contributed by atoms with E-state index in [9.17, 15) is 0 Å². The summed E-state index contributed by atoms with van der Waals surface area (Å²) in [6, 6.07) is 80.3. The summed E-state index contributed by atoms with van der Waals surface area (Å²) in [5.41, 5.74) is 24.7.